The number of rotatable bonds is 4. The van der Waals surface area contributed by atoms with Gasteiger partial charge in [-0.15, -0.1) is 0 Å². The van der Waals surface area contributed by atoms with E-state index in [1.807, 2.05) is 53.2 Å². The van der Waals surface area contributed by atoms with E-state index in [1.165, 1.54) is 6.08 Å². The largest absolute Gasteiger partial charge is 0.342 e. The Hall–Kier alpha value is -4.48. The molecule has 8 heteroatoms. The summed E-state index contributed by atoms with van der Waals surface area (Å²) in [7, 11) is 0. The van der Waals surface area contributed by atoms with Crippen molar-refractivity contribution in [1.82, 2.24) is 9.88 Å². The zero-order chi connectivity index (χ0) is 24.5. The Bertz CT molecular complexity index is 1580. The van der Waals surface area contributed by atoms with Crippen molar-refractivity contribution in [3.8, 4) is 6.07 Å². The minimum atomic E-state index is -0.796. The molecule has 0 atom stereocenters. The first kappa shape index (κ1) is 22.3. The highest BCUT2D eigenvalue weighted by molar-refractivity contribution is 9.10. The summed E-state index contributed by atoms with van der Waals surface area (Å²) in [6.45, 7) is 0.442. The molecule has 1 aliphatic heterocycles. The van der Waals surface area contributed by atoms with E-state index in [9.17, 15) is 19.6 Å². The highest BCUT2D eigenvalue weighted by Crippen LogP contribution is 2.28. The average molecular weight is 525 g/mol. The minimum Gasteiger partial charge on any atom is -0.342 e. The number of hydrogen-bond donors (Lipinski definition) is 1. The zero-order valence-electron chi connectivity index (χ0n) is 18.2. The molecule has 3 aromatic carbocycles. The molecule has 5 rings (SSSR count). The summed E-state index contributed by atoms with van der Waals surface area (Å²) in [5, 5.41) is 12.6. The van der Waals surface area contributed by atoms with Crippen LogP contribution in [-0.2, 0) is 16.1 Å². The molecule has 170 valence electrons. The minimum absolute atomic E-state index is 0.146. The molecule has 4 aromatic rings. The molecule has 1 saturated heterocycles. The summed E-state index contributed by atoms with van der Waals surface area (Å²) in [4.78, 5) is 39.4. The number of aromatic nitrogens is 1. The van der Waals surface area contributed by atoms with Gasteiger partial charge in [0.1, 0.15) is 5.57 Å². The van der Waals surface area contributed by atoms with Crippen LogP contribution < -0.4 is 10.2 Å². The molecule has 1 fully saturated rings. The van der Waals surface area contributed by atoms with Crippen LogP contribution in [0.15, 0.2) is 89.0 Å². The number of urea groups is 1. The van der Waals surface area contributed by atoms with Crippen LogP contribution in [0.3, 0.4) is 0 Å². The van der Waals surface area contributed by atoms with Crippen LogP contribution in [0.25, 0.3) is 17.0 Å². The number of hydrogen-bond acceptors (Lipinski definition) is 4. The van der Waals surface area contributed by atoms with E-state index in [2.05, 4.69) is 27.3 Å². The van der Waals surface area contributed by atoms with Crippen LogP contribution in [-0.4, -0.2) is 22.4 Å². The molecule has 0 saturated carbocycles. The molecule has 4 amide bonds. The monoisotopic (exact) mass is 524 g/mol. The molecule has 0 aliphatic carbocycles. The quantitative estimate of drug-likeness (QED) is 0.300. The van der Waals surface area contributed by atoms with Crippen LogP contribution in [0.2, 0.25) is 0 Å². The van der Waals surface area contributed by atoms with Crippen molar-refractivity contribution in [2.24, 2.45) is 0 Å². The van der Waals surface area contributed by atoms with Crippen molar-refractivity contribution < 1.29 is 14.4 Å². The summed E-state index contributed by atoms with van der Waals surface area (Å²) in [6, 6.07) is 23.0. The standard InChI is InChI=1S/C27H17BrN4O3/c28-20-9-11-21(12-10-20)32-26(34)23(25(33)30-27(32)35)13-19-16-31(24-8-4-3-7-22(19)24)15-18-6-2-1-5-17(18)14-29/h1-13,16H,15H2,(H,30,33,35)/b23-13+. The predicted octanol–water partition coefficient (Wildman–Crippen LogP) is 4.99. The number of fused-ring (bicyclic) bond motifs is 1. The number of anilines is 1. The molecule has 2 heterocycles. The van der Waals surface area contributed by atoms with Crippen molar-refractivity contribution in [2.45, 2.75) is 6.54 Å². The second-order valence-electron chi connectivity index (χ2n) is 7.93. The first-order valence-corrected chi connectivity index (χ1v) is 11.5. The number of halogens is 1. The van der Waals surface area contributed by atoms with Crippen LogP contribution >= 0.6 is 15.9 Å². The van der Waals surface area contributed by atoms with Gasteiger partial charge in [0.05, 0.1) is 17.3 Å². The van der Waals surface area contributed by atoms with Gasteiger partial charge in [-0.2, -0.15) is 5.26 Å². The predicted molar refractivity (Wildman–Crippen MR) is 135 cm³/mol. The molecular formula is C27H17BrN4O3. The highest BCUT2D eigenvalue weighted by Gasteiger charge is 2.37. The number of nitriles is 1. The lowest BCUT2D eigenvalue weighted by Gasteiger charge is -2.26. The molecule has 1 N–H and O–H groups in total. The van der Waals surface area contributed by atoms with Crippen molar-refractivity contribution in [1.29, 1.82) is 5.26 Å². The SMILES string of the molecule is N#Cc1ccccc1Cn1cc(/C=C2\C(=O)NC(=O)N(c3ccc(Br)cc3)C2=O)c2ccccc21. The van der Waals surface area contributed by atoms with Crippen molar-refractivity contribution >= 4 is 56.4 Å². The summed E-state index contributed by atoms with van der Waals surface area (Å²) < 4.78 is 2.77. The Kier molecular flexibility index (Phi) is 5.77. The van der Waals surface area contributed by atoms with Gasteiger partial charge >= 0.3 is 6.03 Å². The lowest BCUT2D eigenvalue weighted by molar-refractivity contribution is -0.122. The fraction of sp³-hybridized carbons (Fsp3) is 0.0370. The number of amides is 4. The normalized spacial score (nSPS) is 14.9. The van der Waals surface area contributed by atoms with Crippen molar-refractivity contribution in [3.63, 3.8) is 0 Å². The Labute approximate surface area is 209 Å². The van der Waals surface area contributed by atoms with Gasteiger partial charge in [0, 0.05) is 33.7 Å². The van der Waals surface area contributed by atoms with E-state index >= 15 is 0 Å². The first-order chi connectivity index (χ1) is 17.0. The number of imide groups is 2. The highest BCUT2D eigenvalue weighted by atomic mass is 79.9. The number of carbonyl (C=O) groups excluding carboxylic acids is 3. The first-order valence-electron chi connectivity index (χ1n) is 10.7. The summed E-state index contributed by atoms with van der Waals surface area (Å²) >= 11 is 3.33. The third-order valence-electron chi connectivity index (χ3n) is 5.78. The Morgan fingerprint density at radius 3 is 2.43 bits per heavy atom. The second kappa shape index (κ2) is 9.05. The lowest BCUT2D eigenvalue weighted by atomic mass is 10.1. The molecule has 0 radical (unpaired) electrons. The fourth-order valence-electron chi connectivity index (χ4n) is 4.11. The topological polar surface area (TPSA) is 95.2 Å². The van der Waals surface area contributed by atoms with Crippen LogP contribution in [0.4, 0.5) is 10.5 Å². The number of barbiturate groups is 1. The number of benzene rings is 3. The van der Waals surface area contributed by atoms with Gasteiger partial charge in [0.25, 0.3) is 11.8 Å². The zero-order valence-corrected chi connectivity index (χ0v) is 19.8. The van der Waals surface area contributed by atoms with Crippen molar-refractivity contribution in [3.05, 3.63) is 106 Å². The smallest absolute Gasteiger partial charge is 0.335 e. The van der Waals surface area contributed by atoms with Gasteiger partial charge < -0.3 is 4.57 Å². The van der Waals surface area contributed by atoms with Gasteiger partial charge in [0.15, 0.2) is 0 Å². The fourth-order valence-corrected chi connectivity index (χ4v) is 4.37. The van der Waals surface area contributed by atoms with E-state index < -0.39 is 17.8 Å². The summed E-state index contributed by atoms with van der Waals surface area (Å²) in [6.07, 6.45) is 3.35. The van der Waals surface area contributed by atoms with Crippen LogP contribution in [0, 0.1) is 11.3 Å². The van der Waals surface area contributed by atoms with Gasteiger partial charge in [-0.3, -0.25) is 14.9 Å². The van der Waals surface area contributed by atoms with Crippen LogP contribution in [0.5, 0.6) is 0 Å². The van der Waals surface area contributed by atoms with Gasteiger partial charge in [0.2, 0.25) is 0 Å². The maximum Gasteiger partial charge on any atom is 0.335 e. The molecule has 7 nitrogen and oxygen atoms in total. The van der Waals surface area contributed by atoms with Gasteiger partial charge in [-0.05, 0) is 48.0 Å². The maximum atomic E-state index is 13.3. The van der Waals surface area contributed by atoms with Crippen molar-refractivity contribution in [2.75, 3.05) is 4.90 Å². The maximum absolute atomic E-state index is 13.3. The van der Waals surface area contributed by atoms with E-state index in [0.717, 1.165) is 25.8 Å². The number of carbonyl (C=O) groups is 3. The number of para-hydroxylation sites is 1. The molecule has 0 unspecified atom stereocenters. The Morgan fingerprint density at radius 1 is 0.943 bits per heavy atom. The summed E-state index contributed by atoms with van der Waals surface area (Å²) in [5.74, 6) is -1.45. The van der Waals surface area contributed by atoms with Gasteiger partial charge in [-0.1, -0.05) is 52.3 Å². The van der Waals surface area contributed by atoms with Crippen LogP contribution in [0.1, 0.15) is 16.7 Å². The molecule has 1 aromatic heterocycles. The third kappa shape index (κ3) is 4.14. The molecular weight excluding hydrogens is 508 g/mol. The Morgan fingerprint density at radius 2 is 1.66 bits per heavy atom. The molecule has 0 bridgehead atoms. The van der Waals surface area contributed by atoms with E-state index in [0.29, 0.717) is 23.4 Å². The average Bonchev–Trinajstić information content (AvgIpc) is 3.20. The van der Waals surface area contributed by atoms with Gasteiger partial charge in [-0.25, -0.2) is 9.69 Å². The molecule has 35 heavy (non-hydrogen) atoms. The summed E-state index contributed by atoms with van der Waals surface area (Å²) in [5.41, 5.74) is 3.18. The molecule has 1 aliphatic rings. The number of nitrogens with one attached hydrogen (secondary N) is 1. The number of nitrogens with zero attached hydrogens (tertiary/aromatic N) is 3. The molecule has 0 spiro atoms. The Balaban J connectivity index is 1.58. The van der Waals surface area contributed by atoms with E-state index in [-0.39, 0.29) is 5.57 Å². The van der Waals surface area contributed by atoms with E-state index in [4.69, 9.17) is 0 Å². The second-order valence-corrected chi connectivity index (χ2v) is 8.85. The third-order valence-corrected chi connectivity index (χ3v) is 6.31. The van der Waals surface area contributed by atoms with E-state index in [1.54, 1.807) is 30.3 Å². The lowest BCUT2D eigenvalue weighted by Crippen LogP contribution is -2.54.